The van der Waals surface area contributed by atoms with Crippen molar-refractivity contribution in [3.05, 3.63) is 0 Å². The van der Waals surface area contributed by atoms with E-state index in [1.54, 1.807) is 4.90 Å². The van der Waals surface area contributed by atoms with Crippen LogP contribution in [0.4, 0.5) is 4.79 Å². The molecule has 0 spiro atoms. The van der Waals surface area contributed by atoms with Crippen LogP contribution < -0.4 is 0 Å². The summed E-state index contributed by atoms with van der Waals surface area (Å²) in [5.74, 6) is 0. The van der Waals surface area contributed by atoms with Crippen molar-refractivity contribution in [3.63, 3.8) is 0 Å². The smallest absolute Gasteiger partial charge is 0.410 e. The molecule has 116 valence electrons. The van der Waals surface area contributed by atoms with Crippen molar-refractivity contribution in [1.29, 1.82) is 0 Å². The number of carbonyl (C=O) groups excluding carboxylic acids is 1. The molecule has 0 aromatic heterocycles. The van der Waals surface area contributed by atoms with Gasteiger partial charge in [-0.25, -0.2) is 4.79 Å². The Morgan fingerprint density at radius 2 is 1.80 bits per heavy atom. The second-order valence-corrected chi connectivity index (χ2v) is 8.44. The standard InChI is InChI=1S/C15H26INO3/c1-15(2,3)20-14(18)17-9-12(16)13(10-17)19-11-7-5-4-6-8-11/h11-13H,4-10H2,1-3H3. The lowest BCUT2D eigenvalue weighted by Gasteiger charge is -2.27. The molecule has 2 unspecified atom stereocenters. The molecule has 1 heterocycles. The van der Waals surface area contributed by atoms with Gasteiger partial charge >= 0.3 is 6.09 Å². The van der Waals surface area contributed by atoms with E-state index >= 15 is 0 Å². The van der Waals surface area contributed by atoms with Gasteiger partial charge in [0.25, 0.3) is 0 Å². The minimum Gasteiger partial charge on any atom is -0.444 e. The number of hydrogen-bond donors (Lipinski definition) is 0. The zero-order chi connectivity index (χ0) is 14.8. The van der Waals surface area contributed by atoms with Crippen LogP contribution >= 0.6 is 22.6 Å². The number of hydrogen-bond acceptors (Lipinski definition) is 3. The van der Waals surface area contributed by atoms with E-state index in [-0.39, 0.29) is 12.2 Å². The first-order valence-electron chi connectivity index (χ1n) is 7.62. The van der Waals surface area contributed by atoms with E-state index < -0.39 is 5.60 Å². The summed E-state index contributed by atoms with van der Waals surface area (Å²) >= 11 is 2.40. The summed E-state index contributed by atoms with van der Waals surface area (Å²) in [5.41, 5.74) is -0.430. The first kappa shape index (κ1) is 16.3. The maximum absolute atomic E-state index is 12.1. The maximum Gasteiger partial charge on any atom is 0.410 e. The van der Waals surface area contributed by atoms with Gasteiger partial charge in [0, 0.05) is 6.54 Å². The third-order valence-electron chi connectivity index (χ3n) is 3.77. The second-order valence-electron chi connectivity index (χ2n) is 6.84. The number of alkyl halides is 1. The quantitative estimate of drug-likeness (QED) is 0.528. The summed E-state index contributed by atoms with van der Waals surface area (Å²) in [6.45, 7) is 7.10. The van der Waals surface area contributed by atoms with E-state index in [0.717, 1.165) is 6.54 Å². The molecule has 0 aromatic rings. The molecule has 2 fully saturated rings. The van der Waals surface area contributed by atoms with Crippen LogP contribution in [0.2, 0.25) is 0 Å². The molecule has 2 rings (SSSR count). The Balaban J connectivity index is 1.83. The lowest BCUT2D eigenvalue weighted by atomic mass is 9.97. The minimum absolute atomic E-state index is 0.159. The van der Waals surface area contributed by atoms with Gasteiger partial charge in [-0.3, -0.25) is 0 Å². The zero-order valence-corrected chi connectivity index (χ0v) is 14.9. The molecule has 1 aliphatic carbocycles. The Kier molecular flexibility index (Phi) is 5.56. The number of amides is 1. The summed E-state index contributed by atoms with van der Waals surface area (Å²) in [5, 5.41) is 0. The highest BCUT2D eigenvalue weighted by atomic mass is 127. The van der Waals surface area contributed by atoms with Gasteiger partial charge in [0.05, 0.1) is 22.7 Å². The van der Waals surface area contributed by atoms with E-state index in [2.05, 4.69) is 22.6 Å². The molecule has 2 aliphatic rings. The van der Waals surface area contributed by atoms with Crippen LogP contribution in [-0.2, 0) is 9.47 Å². The highest BCUT2D eigenvalue weighted by molar-refractivity contribution is 14.1. The third kappa shape index (κ3) is 4.76. The first-order chi connectivity index (χ1) is 9.35. The number of halogens is 1. The van der Waals surface area contributed by atoms with Crippen molar-refractivity contribution in [2.45, 2.75) is 74.6 Å². The Bertz CT molecular complexity index is 337. The monoisotopic (exact) mass is 395 g/mol. The summed E-state index contributed by atoms with van der Waals surface area (Å²) in [6, 6.07) is 0. The van der Waals surface area contributed by atoms with Crippen LogP contribution in [0.15, 0.2) is 0 Å². The van der Waals surface area contributed by atoms with Gasteiger partial charge in [0.1, 0.15) is 5.60 Å². The van der Waals surface area contributed by atoms with Crippen LogP contribution in [0.1, 0.15) is 52.9 Å². The molecule has 0 radical (unpaired) electrons. The maximum atomic E-state index is 12.1. The fourth-order valence-corrected chi connectivity index (χ4v) is 3.66. The van der Waals surface area contributed by atoms with Gasteiger partial charge < -0.3 is 14.4 Å². The molecular weight excluding hydrogens is 369 g/mol. The number of likely N-dealkylation sites (tertiary alicyclic amines) is 1. The van der Waals surface area contributed by atoms with Crippen LogP contribution in [-0.4, -0.2) is 45.8 Å². The van der Waals surface area contributed by atoms with E-state index in [1.807, 2.05) is 20.8 Å². The summed E-state index contributed by atoms with van der Waals surface area (Å²) in [4.78, 5) is 13.9. The minimum atomic E-state index is -0.430. The Morgan fingerprint density at radius 3 is 2.40 bits per heavy atom. The lowest BCUT2D eigenvalue weighted by Crippen LogP contribution is -2.36. The van der Waals surface area contributed by atoms with Gasteiger partial charge in [-0.1, -0.05) is 41.9 Å². The molecule has 1 amide bonds. The van der Waals surface area contributed by atoms with Crippen LogP contribution in [0, 0.1) is 0 Å². The van der Waals surface area contributed by atoms with Crippen molar-refractivity contribution < 1.29 is 14.3 Å². The Morgan fingerprint density at radius 1 is 1.15 bits per heavy atom. The fraction of sp³-hybridized carbons (Fsp3) is 0.933. The number of nitrogens with zero attached hydrogens (tertiary/aromatic N) is 1. The van der Waals surface area contributed by atoms with E-state index in [1.165, 1.54) is 32.1 Å². The van der Waals surface area contributed by atoms with Crippen LogP contribution in [0.5, 0.6) is 0 Å². The molecule has 5 heteroatoms. The average Bonchev–Trinajstić information content (AvgIpc) is 2.70. The van der Waals surface area contributed by atoms with Crippen molar-refractivity contribution in [3.8, 4) is 0 Å². The van der Waals surface area contributed by atoms with Crippen molar-refractivity contribution in [2.75, 3.05) is 13.1 Å². The van der Waals surface area contributed by atoms with E-state index in [0.29, 0.717) is 16.6 Å². The summed E-state index contributed by atoms with van der Waals surface area (Å²) in [6.07, 6.45) is 6.57. The number of carbonyl (C=O) groups is 1. The molecule has 4 nitrogen and oxygen atoms in total. The topological polar surface area (TPSA) is 38.8 Å². The largest absolute Gasteiger partial charge is 0.444 e. The molecule has 0 aromatic carbocycles. The van der Waals surface area contributed by atoms with Crippen molar-refractivity contribution in [2.24, 2.45) is 0 Å². The van der Waals surface area contributed by atoms with Crippen LogP contribution in [0.25, 0.3) is 0 Å². The molecule has 1 saturated carbocycles. The average molecular weight is 395 g/mol. The highest BCUT2D eigenvalue weighted by Crippen LogP contribution is 2.28. The van der Waals surface area contributed by atoms with Crippen molar-refractivity contribution in [1.82, 2.24) is 4.90 Å². The molecule has 1 saturated heterocycles. The first-order valence-corrected chi connectivity index (χ1v) is 8.87. The predicted molar refractivity (Wildman–Crippen MR) is 87.4 cm³/mol. The van der Waals surface area contributed by atoms with Gasteiger partial charge in [-0.05, 0) is 33.6 Å². The lowest BCUT2D eigenvalue weighted by molar-refractivity contribution is -0.0236. The second kappa shape index (κ2) is 6.81. The Labute approximate surface area is 135 Å². The fourth-order valence-electron chi connectivity index (χ4n) is 2.79. The number of rotatable bonds is 2. The third-order valence-corrected chi connectivity index (χ3v) is 4.97. The SMILES string of the molecule is CC(C)(C)OC(=O)N1CC(I)C(OC2CCCCC2)C1. The zero-order valence-electron chi connectivity index (χ0n) is 12.7. The number of ether oxygens (including phenoxy) is 2. The molecule has 0 N–H and O–H groups in total. The van der Waals surface area contributed by atoms with E-state index in [4.69, 9.17) is 9.47 Å². The summed E-state index contributed by atoms with van der Waals surface area (Å²) < 4.78 is 12.0. The molecule has 2 atom stereocenters. The Hall–Kier alpha value is -0.0400. The predicted octanol–water partition coefficient (Wildman–Crippen LogP) is 3.76. The normalized spacial score (nSPS) is 28.7. The van der Waals surface area contributed by atoms with Gasteiger partial charge in [0.15, 0.2) is 0 Å². The highest BCUT2D eigenvalue weighted by Gasteiger charge is 2.37. The molecular formula is C15H26INO3. The van der Waals surface area contributed by atoms with Gasteiger partial charge in [-0.2, -0.15) is 0 Å². The van der Waals surface area contributed by atoms with Gasteiger partial charge in [-0.15, -0.1) is 0 Å². The molecule has 0 bridgehead atoms. The summed E-state index contributed by atoms with van der Waals surface area (Å²) in [7, 11) is 0. The van der Waals surface area contributed by atoms with Crippen molar-refractivity contribution >= 4 is 28.7 Å². The van der Waals surface area contributed by atoms with Gasteiger partial charge in [0.2, 0.25) is 0 Å². The van der Waals surface area contributed by atoms with Crippen LogP contribution in [0.3, 0.4) is 0 Å². The van der Waals surface area contributed by atoms with E-state index in [9.17, 15) is 4.79 Å². The molecule has 1 aliphatic heterocycles. The molecule has 20 heavy (non-hydrogen) atoms.